The molecule has 0 bridgehead atoms. The summed E-state index contributed by atoms with van der Waals surface area (Å²) < 4.78 is 0. The summed E-state index contributed by atoms with van der Waals surface area (Å²) in [7, 11) is 0. The quantitative estimate of drug-likeness (QED) is 0.766. The van der Waals surface area contributed by atoms with E-state index < -0.39 is 0 Å². The highest BCUT2D eigenvalue weighted by molar-refractivity contribution is 5.78. The van der Waals surface area contributed by atoms with Crippen LogP contribution in [0.4, 0.5) is 0 Å². The number of nitrogens with zero attached hydrogens (tertiary/aromatic N) is 1. The minimum atomic E-state index is -0.00213. The van der Waals surface area contributed by atoms with E-state index in [1.54, 1.807) is 0 Å². The lowest BCUT2D eigenvalue weighted by molar-refractivity contribution is -0.130. The van der Waals surface area contributed by atoms with E-state index in [1.165, 1.54) is 5.57 Å². The lowest BCUT2D eigenvalue weighted by atomic mass is 9.83. The smallest absolute Gasteiger partial charge is 0.236 e. The fourth-order valence-corrected chi connectivity index (χ4v) is 2.03. The maximum atomic E-state index is 12.0. The van der Waals surface area contributed by atoms with Crippen molar-refractivity contribution in [2.45, 2.75) is 53.5 Å². The Labute approximate surface area is 112 Å². The van der Waals surface area contributed by atoms with Crippen molar-refractivity contribution in [2.24, 2.45) is 5.41 Å². The van der Waals surface area contributed by atoms with E-state index in [0.717, 1.165) is 19.5 Å². The standard InChI is InChI=1S/C15H28N2O/c1-14(2,3)12-7-9-17(10-8-12)13(18)11-16-15(4,5)6/h7,16H,8-11H2,1-6H3. The largest absolute Gasteiger partial charge is 0.338 e. The Morgan fingerprint density at radius 1 is 1.28 bits per heavy atom. The second-order valence-electron chi connectivity index (χ2n) is 7.17. The molecule has 0 aromatic rings. The van der Waals surface area contributed by atoms with E-state index in [9.17, 15) is 4.79 Å². The lowest BCUT2D eigenvalue weighted by Crippen LogP contribution is -2.46. The van der Waals surface area contributed by atoms with Gasteiger partial charge in [0.1, 0.15) is 0 Å². The van der Waals surface area contributed by atoms with Crippen LogP contribution in [0.15, 0.2) is 11.6 Å². The van der Waals surface area contributed by atoms with Crippen LogP contribution in [-0.4, -0.2) is 36.0 Å². The maximum Gasteiger partial charge on any atom is 0.236 e. The minimum Gasteiger partial charge on any atom is -0.338 e. The number of amides is 1. The second kappa shape index (κ2) is 5.43. The van der Waals surface area contributed by atoms with Gasteiger partial charge in [-0.1, -0.05) is 32.4 Å². The van der Waals surface area contributed by atoms with Gasteiger partial charge in [-0.25, -0.2) is 0 Å². The van der Waals surface area contributed by atoms with Gasteiger partial charge in [-0.3, -0.25) is 4.79 Å². The molecule has 0 spiro atoms. The molecule has 0 aliphatic carbocycles. The molecule has 0 aromatic heterocycles. The molecule has 3 nitrogen and oxygen atoms in total. The van der Waals surface area contributed by atoms with Crippen molar-refractivity contribution in [1.29, 1.82) is 0 Å². The highest BCUT2D eigenvalue weighted by Crippen LogP contribution is 2.29. The van der Waals surface area contributed by atoms with Gasteiger partial charge in [0, 0.05) is 18.6 Å². The molecule has 104 valence electrons. The van der Waals surface area contributed by atoms with Crippen molar-refractivity contribution in [3.63, 3.8) is 0 Å². The summed E-state index contributed by atoms with van der Waals surface area (Å²) in [6, 6.07) is 0. The first-order valence-corrected chi connectivity index (χ1v) is 6.82. The molecule has 1 heterocycles. The summed E-state index contributed by atoms with van der Waals surface area (Å²) in [6.45, 7) is 15.0. The molecule has 0 atom stereocenters. The van der Waals surface area contributed by atoms with Crippen LogP contribution in [0.5, 0.6) is 0 Å². The van der Waals surface area contributed by atoms with Gasteiger partial charge < -0.3 is 10.2 Å². The van der Waals surface area contributed by atoms with Crippen LogP contribution in [0.3, 0.4) is 0 Å². The zero-order valence-corrected chi connectivity index (χ0v) is 12.8. The Morgan fingerprint density at radius 3 is 2.28 bits per heavy atom. The molecule has 3 heteroatoms. The van der Waals surface area contributed by atoms with Crippen molar-refractivity contribution in [3.05, 3.63) is 11.6 Å². The SMILES string of the molecule is CC(C)(C)NCC(=O)N1CC=C(C(C)(C)C)CC1. The van der Waals surface area contributed by atoms with Gasteiger partial charge in [0.2, 0.25) is 5.91 Å². The van der Waals surface area contributed by atoms with Gasteiger partial charge in [-0.2, -0.15) is 0 Å². The maximum absolute atomic E-state index is 12.0. The van der Waals surface area contributed by atoms with E-state index >= 15 is 0 Å². The van der Waals surface area contributed by atoms with E-state index in [-0.39, 0.29) is 16.9 Å². The predicted molar refractivity (Wildman–Crippen MR) is 76.5 cm³/mol. The van der Waals surface area contributed by atoms with E-state index in [4.69, 9.17) is 0 Å². The summed E-state index contributed by atoms with van der Waals surface area (Å²) >= 11 is 0. The molecule has 18 heavy (non-hydrogen) atoms. The highest BCUT2D eigenvalue weighted by atomic mass is 16.2. The topological polar surface area (TPSA) is 32.3 Å². The molecule has 1 N–H and O–H groups in total. The molecule has 0 unspecified atom stereocenters. The van der Waals surface area contributed by atoms with Gasteiger partial charge in [0.25, 0.3) is 0 Å². The first-order chi connectivity index (χ1) is 8.09. The molecular formula is C15H28N2O. The first kappa shape index (κ1) is 15.2. The van der Waals surface area contributed by atoms with Crippen LogP contribution >= 0.6 is 0 Å². The summed E-state index contributed by atoms with van der Waals surface area (Å²) in [5.74, 6) is 0.203. The molecule has 0 fully saturated rings. The third-order valence-electron chi connectivity index (χ3n) is 3.30. The van der Waals surface area contributed by atoms with E-state index in [1.807, 2.05) is 4.90 Å². The highest BCUT2D eigenvalue weighted by Gasteiger charge is 2.23. The van der Waals surface area contributed by atoms with Gasteiger partial charge in [0.05, 0.1) is 6.54 Å². The van der Waals surface area contributed by atoms with Crippen LogP contribution in [0.25, 0.3) is 0 Å². The third kappa shape index (κ3) is 4.81. The minimum absolute atomic E-state index is 0.00213. The molecule has 0 saturated heterocycles. The average molecular weight is 252 g/mol. The molecule has 0 aromatic carbocycles. The Balaban J connectivity index is 2.48. The Morgan fingerprint density at radius 2 is 1.89 bits per heavy atom. The number of carbonyl (C=O) groups excluding carboxylic acids is 1. The van der Waals surface area contributed by atoms with Crippen LogP contribution in [0.1, 0.15) is 48.0 Å². The number of rotatable bonds is 2. The van der Waals surface area contributed by atoms with Crippen molar-refractivity contribution < 1.29 is 4.79 Å². The predicted octanol–water partition coefficient (Wildman–Crippen LogP) is 2.58. The molecule has 1 amide bonds. The van der Waals surface area contributed by atoms with Crippen LogP contribution in [0, 0.1) is 5.41 Å². The van der Waals surface area contributed by atoms with Crippen LogP contribution < -0.4 is 5.32 Å². The Hall–Kier alpha value is -0.830. The zero-order chi connectivity index (χ0) is 14.0. The fourth-order valence-electron chi connectivity index (χ4n) is 2.03. The lowest BCUT2D eigenvalue weighted by Gasteiger charge is -2.33. The number of carbonyl (C=O) groups is 1. The number of hydrogen-bond acceptors (Lipinski definition) is 2. The summed E-state index contributed by atoms with van der Waals surface area (Å²) in [5, 5.41) is 3.25. The first-order valence-electron chi connectivity index (χ1n) is 6.82. The molecule has 1 aliphatic rings. The average Bonchev–Trinajstić information content (AvgIpc) is 2.24. The third-order valence-corrected chi connectivity index (χ3v) is 3.30. The second-order valence-corrected chi connectivity index (χ2v) is 7.17. The van der Waals surface area contributed by atoms with Crippen molar-refractivity contribution >= 4 is 5.91 Å². The van der Waals surface area contributed by atoms with Gasteiger partial charge in [0.15, 0.2) is 0 Å². The van der Waals surface area contributed by atoms with E-state index in [0.29, 0.717) is 6.54 Å². The van der Waals surface area contributed by atoms with Crippen LogP contribution in [-0.2, 0) is 4.79 Å². The number of hydrogen-bond donors (Lipinski definition) is 1. The normalized spacial score (nSPS) is 17.7. The van der Waals surface area contributed by atoms with Crippen molar-refractivity contribution in [1.82, 2.24) is 10.2 Å². The number of nitrogens with one attached hydrogen (secondary N) is 1. The Kier molecular flexibility index (Phi) is 4.60. The van der Waals surface area contributed by atoms with Crippen LogP contribution in [0.2, 0.25) is 0 Å². The summed E-state index contributed by atoms with van der Waals surface area (Å²) in [5.41, 5.74) is 1.70. The molecular weight excluding hydrogens is 224 g/mol. The molecule has 1 aliphatic heterocycles. The summed E-state index contributed by atoms with van der Waals surface area (Å²) in [4.78, 5) is 14.0. The van der Waals surface area contributed by atoms with Crippen molar-refractivity contribution in [2.75, 3.05) is 19.6 Å². The van der Waals surface area contributed by atoms with Gasteiger partial charge >= 0.3 is 0 Å². The summed E-state index contributed by atoms with van der Waals surface area (Å²) in [6.07, 6.45) is 3.23. The van der Waals surface area contributed by atoms with Gasteiger partial charge in [-0.05, 0) is 32.6 Å². The molecule has 0 radical (unpaired) electrons. The monoisotopic (exact) mass is 252 g/mol. The fraction of sp³-hybridized carbons (Fsp3) is 0.800. The molecule has 1 rings (SSSR count). The molecule has 0 saturated carbocycles. The zero-order valence-electron chi connectivity index (χ0n) is 12.8. The van der Waals surface area contributed by atoms with Crippen molar-refractivity contribution in [3.8, 4) is 0 Å². The van der Waals surface area contributed by atoms with E-state index in [2.05, 4.69) is 52.9 Å². The Bertz CT molecular complexity index is 331. The van der Waals surface area contributed by atoms with Gasteiger partial charge in [-0.15, -0.1) is 0 Å².